The van der Waals surface area contributed by atoms with E-state index in [4.69, 9.17) is 4.74 Å². The second-order valence-corrected chi connectivity index (χ2v) is 2.63. The Bertz CT molecular complexity index is 300. The van der Waals surface area contributed by atoms with E-state index in [0.29, 0.717) is 18.0 Å². The van der Waals surface area contributed by atoms with Crippen molar-refractivity contribution < 1.29 is 4.74 Å². The molecule has 1 N–H and O–H groups in total. The smallest absolute Gasteiger partial charge is 0.150 e. The number of hydrogen-bond acceptors (Lipinski definition) is 4. The number of benzene rings is 1. The van der Waals surface area contributed by atoms with Gasteiger partial charge in [0.25, 0.3) is 0 Å². The summed E-state index contributed by atoms with van der Waals surface area (Å²) >= 11 is 0. The van der Waals surface area contributed by atoms with Gasteiger partial charge in [-0.3, -0.25) is 0 Å². The maximum absolute atomic E-state index is 10.4. The van der Waals surface area contributed by atoms with Crippen molar-refractivity contribution in [2.45, 2.75) is 6.54 Å². The van der Waals surface area contributed by atoms with Gasteiger partial charge < -0.3 is 10.1 Å². The van der Waals surface area contributed by atoms with Crippen LogP contribution in [0.4, 0.5) is 5.69 Å². The Balaban J connectivity index is 2.98. The molecule has 1 rings (SSSR count). The summed E-state index contributed by atoms with van der Waals surface area (Å²) in [4.78, 5) is 10.4. The highest BCUT2D eigenvalue weighted by Crippen LogP contribution is 2.27. The van der Waals surface area contributed by atoms with Crippen LogP contribution in [0.5, 0.6) is 5.75 Å². The summed E-state index contributed by atoms with van der Waals surface area (Å²) in [5, 5.41) is 5.87. The van der Waals surface area contributed by atoms with Crippen molar-refractivity contribution in [1.82, 2.24) is 5.32 Å². The molecule has 0 aromatic heterocycles. The number of ether oxygens (including phenoxy) is 1. The molecule has 0 fully saturated rings. The van der Waals surface area contributed by atoms with Crippen molar-refractivity contribution in [3.8, 4) is 5.75 Å². The molecule has 0 unspecified atom stereocenters. The lowest BCUT2D eigenvalue weighted by molar-refractivity contribution is 0.416. The Hall–Kier alpha value is -1.42. The standard InChI is InChI=1S/C9H12N2O2/c1-10-6-7-3-4-9(13-2)8(5-7)11-12/h3-5,10H,6H2,1-2H3. The van der Waals surface area contributed by atoms with Crippen LogP contribution in [0.15, 0.2) is 23.4 Å². The number of nitrogens with zero attached hydrogens (tertiary/aromatic N) is 1. The number of rotatable bonds is 4. The number of nitroso groups, excluding NO2 is 1. The average molecular weight is 180 g/mol. The van der Waals surface area contributed by atoms with Crippen molar-refractivity contribution in [3.05, 3.63) is 28.7 Å². The fourth-order valence-electron chi connectivity index (χ4n) is 1.12. The highest BCUT2D eigenvalue weighted by Gasteiger charge is 2.03. The van der Waals surface area contributed by atoms with Crippen LogP contribution in [-0.4, -0.2) is 14.2 Å². The zero-order chi connectivity index (χ0) is 9.68. The van der Waals surface area contributed by atoms with Gasteiger partial charge in [0, 0.05) is 6.54 Å². The molecule has 1 aromatic carbocycles. The van der Waals surface area contributed by atoms with Crippen LogP contribution in [0.2, 0.25) is 0 Å². The highest BCUT2D eigenvalue weighted by molar-refractivity contribution is 5.53. The van der Waals surface area contributed by atoms with Crippen molar-refractivity contribution in [2.75, 3.05) is 14.2 Å². The summed E-state index contributed by atoms with van der Waals surface area (Å²) < 4.78 is 4.96. The molecule has 0 aliphatic heterocycles. The lowest BCUT2D eigenvalue weighted by Gasteiger charge is -2.04. The number of methoxy groups -OCH3 is 1. The quantitative estimate of drug-likeness (QED) is 0.719. The largest absolute Gasteiger partial charge is 0.494 e. The summed E-state index contributed by atoms with van der Waals surface area (Å²) in [5.41, 5.74) is 1.35. The van der Waals surface area contributed by atoms with E-state index in [9.17, 15) is 4.91 Å². The van der Waals surface area contributed by atoms with E-state index in [1.165, 1.54) is 7.11 Å². The monoisotopic (exact) mass is 180 g/mol. The minimum Gasteiger partial charge on any atom is -0.494 e. The molecule has 0 heterocycles. The van der Waals surface area contributed by atoms with Crippen molar-refractivity contribution >= 4 is 5.69 Å². The average Bonchev–Trinajstić information content (AvgIpc) is 2.18. The molecule has 4 nitrogen and oxygen atoms in total. The maximum atomic E-state index is 10.4. The minimum atomic E-state index is 0.343. The normalized spacial score (nSPS) is 9.69. The van der Waals surface area contributed by atoms with Gasteiger partial charge in [-0.1, -0.05) is 6.07 Å². The van der Waals surface area contributed by atoms with E-state index in [2.05, 4.69) is 10.5 Å². The first-order valence-corrected chi connectivity index (χ1v) is 3.96. The van der Waals surface area contributed by atoms with Gasteiger partial charge in [-0.05, 0) is 29.9 Å². The molecule has 4 heteroatoms. The zero-order valence-corrected chi connectivity index (χ0v) is 7.70. The van der Waals surface area contributed by atoms with Crippen LogP contribution < -0.4 is 10.1 Å². The summed E-state index contributed by atoms with van der Waals surface area (Å²) in [5.74, 6) is 0.509. The molecule has 0 saturated carbocycles. The van der Waals surface area contributed by atoms with Crippen LogP contribution in [0.25, 0.3) is 0 Å². The summed E-state index contributed by atoms with van der Waals surface area (Å²) in [6.45, 7) is 0.715. The molecule has 0 radical (unpaired) electrons. The molecule has 13 heavy (non-hydrogen) atoms. The van der Waals surface area contributed by atoms with Crippen molar-refractivity contribution in [1.29, 1.82) is 0 Å². The summed E-state index contributed by atoms with van der Waals surface area (Å²) in [7, 11) is 3.36. The minimum absolute atomic E-state index is 0.343. The molecular formula is C9H12N2O2. The molecule has 0 bridgehead atoms. The molecule has 0 spiro atoms. The second-order valence-electron chi connectivity index (χ2n) is 2.63. The Morgan fingerprint density at radius 3 is 2.85 bits per heavy atom. The van der Waals surface area contributed by atoms with Crippen LogP contribution >= 0.6 is 0 Å². The fraction of sp³-hybridized carbons (Fsp3) is 0.333. The highest BCUT2D eigenvalue weighted by atomic mass is 16.5. The first-order chi connectivity index (χ1) is 6.31. The summed E-state index contributed by atoms with van der Waals surface area (Å²) in [6.07, 6.45) is 0. The molecule has 0 aliphatic carbocycles. The van der Waals surface area contributed by atoms with Crippen LogP contribution in [0.1, 0.15) is 5.56 Å². The third-order valence-electron chi connectivity index (χ3n) is 1.72. The fourth-order valence-corrected chi connectivity index (χ4v) is 1.12. The molecule has 0 aliphatic rings. The predicted octanol–water partition coefficient (Wildman–Crippen LogP) is 1.81. The van der Waals surface area contributed by atoms with Crippen molar-refractivity contribution in [3.63, 3.8) is 0 Å². The Morgan fingerprint density at radius 1 is 1.54 bits per heavy atom. The third-order valence-corrected chi connectivity index (χ3v) is 1.72. The van der Waals surface area contributed by atoms with E-state index >= 15 is 0 Å². The number of nitrogens with one attached hydrogen (secondary N) is 1. The topological polar surface area (TPSA) is 50.7 Å². The van der Waals surface area contributed by atoms with Gasteiger partial charge in [0.05, 0.1) is 7.11 Å². The molecule has 0 amide bonds. The van der Waals surface area contributed by atoms with Gasteiger partial charge in [-0.15, -0.1) is 4.91 Å². The van der Waals surface area contributed by atoms with Crippen LogP contribution in [0.3, 0.4) is 0 Å². The SMILES string of the molecule is CNCc1ccc(OC)c(N=O)c1. The molecule has 70 valence electrons. The van der Waals surface area contributed by atoms with Crippen LogP contribution in [-0.2, 0) is 6.54 Å². The van der Waals surface area contributed by atoms with Gasteiger partial charge >= 0.3 is 0 Å². The second kappa shape index (κ2) is 4.57. The van der Waals surface area contributed by atoms with Crippen LogP contribution in [0, 0.1) is 4.91 Å². The molecule has 1 aromatic rings. The first-order valence-electron chi connectivity index (χ1n) is 3.96. The van der Waals surface area contributed by atoms with Crippen molar-refractivity contribution in [2.24, 2.45) is 5.18 Å². The molecule has 0 saturated heterocycles. The Kier molecular flexibility index (Phi) is 3.40. The van der Waals surface area contributed by atoms with E-state index < -0.39 is 0 Å². The van der Waals surface area contributed by atoms with E-state index in [1.807, 2.05) is 13.1 Å². The van der Waals surface area contributed by atoms with E-state index in [0.717, 1.165) is 5.56 Å². The Morgan fingerprint density at radius 2 is 2.31 bits per heavy atom. The third kappa shape index (κ3) is 2.26. The molecular weight excluding hydrogens is 168 g/mol. The van der Waals surface area contributed by atoms with Gasteiger partial charge in [-0.2, -0.15) is 0 Å². The summed E-state index contributed by atoms with van der Waals surface area (Å²) in [6, 6.07) is 5.34. The maximum Gasteiger partial charge on any atom is 0.150 e. The number of hydrogen-bond donors (Lipinski definition) is 1. The van der Waals surface area contributed by atoms with Gasteiger partial charge in [-0.25, -0.2) is 0 Å². The molecule has 0 atom stereocenters. The van der Waals surface area contributed by atoms with E-state index in [1.54, 1.807) is 12.1 Å². The lowest BCUT2D eigenvalue weighted by atomic mass is 10.2. The van der Waals surface area contributed by atoms with E-state index in [-0.39, 0.29) is 0 Å². The Labute approximate surface area is 76.9 Å². The van der Waals surface area contributed by atoms with Gasteiger partial charge in [0.15, 0.2) is 0 Å². The van der Waals surface area contributed by atoms with Gasteiger partial charge in [0.2, 0.25) is 0 Å². The zero-order valence-electron chi connectivity index (χ0n) is 7.70. The van der Waals surface area contributed by atoms with Gasteiger partial charge in [0.1, 0.15) is 11.4 Å². The lowest BCUT2D eigenvalue weighted by Crippen LogP contribution is -2.04. The predicted molar refractivity (Wildman–Crippen MR) is 51.2 cm³/mol. The first kappa shape index (κ1) is 9.67.